The third-order valence-electron chi connectivity index (χ3n) is 3.36. The quantitative estimate of drug-likeness (QED) is 0.378. The van der Waals surface area contributed by atoms with Crippen molar-refractivity contribution in [2.45, 2.75) is 25.5 Å². The number of amidine groups is 1. The fourth-order valence-electron chi connectivity index (χ4n) is 2.55. The SMILES string of the molecule is Cc1cccc(/C(N)=N/O)c1N1CCSC(C)(C)C1. The van der Waals surface area contributed by atoms with Gasteiger partial charge in [0.05, 0.1) is 5.69 Å². The molecule has 0 saturated carbocycles. The van der Waals surface area contributed by atoms with E-state index in [2.05, 4.69) is 36.9 Å². The molecule has 1 fully saturated rings. The van der Waals surface area contributed by atoms with Gasteiger partial charge in [-0.2, -0.15) is 11.8 Å². The van der Waals surface area contributed by atoms with Crippen molar-refractivity contribution in [1.29, 1.82) is 0 Å². The van der Waals surface area contributed by atoms with Crippen LogP contribution in [0.5, 0.6) is 0 Å². The first-order valence-corrected chi connectivity index (χ1v) is 7.39. The Bertz CT molecular complexity index is 499. The van der Waals surface area contributed by atoms with Crippen LogP contribution in [0.4, 0.5) is 5.69 Å². The summed E-state index contributed by atoms with van der Waals surface area (Å²) in [7, 11) is 0. The lowest BCUT2D eigenvalue weighted by atomic mass is 10.0. The Labute approximate surface area is 118 Å². The minimum Gasteiger partial charge on any atom is -0.409 e. The van der Waals surface area contributed by atoms with Crippen LogP contribution in [0.1, 0.15) is 25.0 Å². The highest BCUT2D eigenvalue weighted by Gasteiger charge is 2.29. The van der Waals surface area contributed by atoms with E-state index < -0.39 is 0 Å². The molecule has 0 amide bonds. The Balaban J connectivity index is 2.43. The minimum atomic E-state index is 0.176. The molecule has 2 rings (SSSR count). The van der Waals surface area contributed by atoms with Gasteiger partial charge in [0.25, 0.3) is 0 Å². The van der Waals surface area contributed by atoms with Crippen molar-refractivity contribution < 1.29 is 5.21 Å². The van der Waals surface area contributed by atoms with Gasteiger partial charge in [0.1, 0.15) is 0 Å². The first kappa shape index (κ1) is 14.1. The highest BCUT2D eigenvalue weighted by atomic mass is 32.2. The number of rotatable bonds is 2. The molecule has 0 aromatic heterocycles. The standard InChI is InChI=1S/C14H21N3OS/c1-10-5-4-6-11(13(15)16-18)12(10)17-7-8-19-14(2,3)9-17/h4-6,18H,7-9H2,1-3H3,(H2,15,16). The van der Waals surface area contributed by atoms with Gasteiger partial charge in [-0.3, -0.25) is 0 Å². The monoisotopic (exact) mass is 279 g/mol. The molecular weight excluding hydrogens is 258 g/mol. The lowest BCUT2D eigenvalue weighted by Crippen LogP contribution is -2.44. The molecule has 1 heterocycles. The Kier molecular flexibility index (Phi) is 3.94. The van der Waals surface area contributed by atoms with E-state index in [0.29, 0.717) is 0 Å². The molecule has 0 bridgehead atoms. The Morgan fingerprint density at radius 3 is 2.84 bits per heavy atom. The summed E-state index contributed by atoms with van der Waals surface area (Å²) < 4.78 is 0.225. The number of thioether (sulfide) groups is 1. The number of hydrogen-bond donors (Lipinski definition) is 2. The van der Waals surface area contributed by atoms with Crippen molar-refractivity contribution >= 4 is 23.3 Å². The van der Waals surface area contributed by atoms with Crippen molar-refractivity contribution in [3.8, 4) is 0 Å². The van der Waals surface area contributed by atoms with Gasteiger partial charge >= 0.3 is 0 Å². The van der Waals surface area contributed by atoms with E-state index in [1.807, 2.05) is 23.9 Å². The summed E-state index contributed by atoms with van der Waals surface area (Å²) in [5, 5.41) is 12.1. The summed E-state index contributed by atoms with van der Waals surface area (Å²) in [6.07, 6.45) is 0. The third-order valence-corrected chi connectivity index (χ3v) is 4.66. The van der Waals surface area contributed by atoms with Crippen LogP contribution in [0.15, 0.2) is 23.4 Å². The van der Waals surface area contributed by atoms with Crippen LogP contribution in [-0.2, 0) is 0 Å². The van der Waals surface area contributed by atoms with E-state index in [0.717, 1.165) is 35.7 Å². The largest absolute Gasteiger partial charge is 0.409 e. The highest BCUT2D eigenvalue weighted by molar-refractivity contribution is 8.00. The molecule has 0 spiro atoms. The molecule has 104 valence electrons. The minimum absolute atomic E-state index is 0.176. The number of anilines is 1. The molecule has 0 atom stereocenters. The fourth-order valence-corrected chi connectivity index (χ4v) is 3.66. The maximum Gasteiger partial charge on any atom is 0.172 e. The van der Waals surface area contributed by atoms with Gasteiger partial charge in [-0.25, -0.2) is 0 Å². The molecule has 1 aliphatic rings. The molecule has 1 aliphatic heterocycles. The second kappa shape index (κ2) is 5.33. The number of nitrogens with zero attached hydrogens (tertiary/aromatic N) is 2. The van der Waals surface area contributed by atoms with Gasteiger partial charge < -0.3 is 15.8 Å². The molecule has 1 saturated heterocycles. The summed E-state index contributed by atoms with van der Waals surface area (Å²) in [6.45, 7) is 8.54. The van der Waals surface area contributed by atoms with Crippen LogP contribution in [0.3, 0.4) is 0 Å². The van der Waals surface area contributed by atoms with Crippen molar-refractivity contribution in [3.05, 3.63) is 29.3 Å². The summed E-state index contributed by atoms with van der Waals surface area (Å²) in [4.78, 5) is 2.35. The zero-order valence-electron chi connectivity index (χ0n) is 11.7. The van der Waals surface area contributed by atoms with Crippen molar-refractivity contribution in [2.75, 3.05) is 23.7 Å². The van der Waals surface area contributed by atoms with Crippen LogP contribution in [0, 0.1) is 6.92 Å². The average molecular weight is 279 g/mol. The molecule has 0 unspecified atom stereocenters. The summed E-state index contributed by atoms with van der Waals surface area (Å²) in [6, 6.07) is 5.92. The molecule has 19 heavy (non-hydrogen) atoms. The van der Waals surface area contributed by atoms with Gasteiger partial charge in [0.15, 0.2) is 5.84 Å². The number of aryl methyl sites for hydroxylation is 1. The molecule has 0 aliphatic carbocycles. The molecule has 5 heteroatoms. The van der Waals surface area contributed by atoms with E-state index in [9.17, 15) is 0 Å². The van der Waals surface area contributed by atoms with Gasteiger partial charge in [0.2, 0.25) is 0 Å². The van der Waals surface area contributed by atoms with Gasteiger partial charge in [-0.1, -0.05) is 17.3 Å². The predicted molar refractivity (Wildman–Crippen MR) is 82.4 cm³/mol. The maximum absolute atomic E-state index is 8.94. The van der Waals surface area contributed by atoms with Gasteiger partial charge in [-0.15, -0.1) is 0 Å². The smallest absolute Gasteiger partial charge is 0.172 e. The summed E-state index contributed by atoms with van der Waals surface area (Å²) in [5.41, 5.74) is 8.86. The van der Waals surface area contributed by atoms with Crippen molar-refractivity contribution in [2.24, 2.45) is 10.9 Å². The zero-order valence-corrected chi connectivity index (χ0v) is 12.5. The van der Waals surface area contributed by atoms with Crippen LogP contribution in [-0.4, -0.2) is 34.6 Å². The Morgan fingerprint density at radius 2 is 2.21 bits per heavy atom. The average Bonchev–Trinajstić information content (AvgIpc) is 2.36. The number of nitrogens with two attached hydrogens (primary N) is 1. The van der Waals surface area contributed by atoms with E-state index in [4.69, 9.17) is 10.9 Å². The van der Waals surface area contributed by atoms with Crippen LogP contribution in [0.25, 0.3) is 0 Å². The fraction of sp³-hybridized carbons (Fsp3) is 0.500. The Hall–Kier alpha value is -1.36. The number of benzene rings is 1. The van der Waals surface area contributed by atoms with Crippen LogP contribution >= 0.6 is 11.8 Å². The lowest BCUT2D eigenvalue weighted by Gasteiger charge is -2.40. The molecule has 3 N–H and O–H groups in total. The normalized spacial score (nSPS) is 19.5. The van der Waals surface area contributed by atoms with Crippen molar-refractivity contribution in [1.82, 2.24) is 0 Å². The summed E-state index contributed by atoms with van der Waals surface area (Å²) >= 11 is 1.99. The highest BCUT2D eigenvalue weighted by Crippen LogP contribution is 2.35. The Morgan fingerprint density at radius 1 is 1.47 bits per heavy atom. The lowest BCUT2D eigenvalue weighted by molar-refractivity contribution is 0.318. The van der Waals surface area contributed by atoms with Gasteiger partial charge in [0, 0.05) is 29.2 Å². The number of oxime groups is 1. The third kappa shape index (κ3) is 2.97. The van der Waals surface area contributed by atoms with E-state index in [-0.39, 0.29) is 10.6 Å². The maximum atomic E-state index is 8.94. The van der Waals surface area contributed by atoms with Crippen LogP contribution in [0.2, 0.25) is 0 Å². The first-order valence-electron chi connectivity index (χ1n) is 6.41. The molecule has 4 nitrogen and oxygen atoms in total. The first-order chi connectivity index (χ1) is 8.94. The molecule has 0 radical (unpaired) electrons. The second-order valence-electron chi connectivity index (χ2n) is 5.49. The van der Waals surface area contributed by atoms with Crippen LogP contribution < -0.4 is 10.6 Å². The number of para-hydroxylation sites is 1. The molecule has 1 aromatic rings. The molecule has 1 aromatic carbocycles. The van der Waals surface area contributed by atoms with E-state index >= 15 is 0 Å². The topological polar surface area (TPSA) is 61.9 Å². The van der Waals surface area contributed by atoms with Crippen molar-refractivity contribution in [3.63, 3.8) is 0 Å². The zero-order chi connectivity index (χ0) is 14.0. The number of hydrogen-bond acceptors (Lipinski definition) is 4. The summed E-state index contributed by atoms with van der Waals surface area (Å²) in [5.74, 6) is 1.27. The van der Waals surface area contributed by atoms with Gasteiger partial charge in [-0.05, 0) is 32.4 Å². The van der Waals surface area contributed by atoms with E-state index in [1.165, 1.54) is 0 Å². The second-order valence-corrected chi connectivity index (χ2v) is 7.29. The predicted octanol–water partition coefficient (Wildman–Crippen LogP) is 2.42. The molecular formula is C14H21N3OS. The van der Waals surface area contributed by atoms with E-state index in [1.54, 1.807) is 0 Å².